The van der Waals surface area contributed by atoms with E-state index in [0.717, 1.165) is 16.4 Å². The fourth-order valence-corrected chi connectivity index (χ4v) is 5.50. The number of carbonyl (C=O) groups excluding carboxylic acids is 1. The third-order valence-electron chi connectivity index (χ3n) is 7.69. The molecule has 0 spiro atoms. The number of piperidine rings is 1. The van der Waals surface area contributed by atoms with E-state index in [0.29, 0.717) is 43.6 Å². The van der Waals surface area contributed by atoms with Gasteiger partial charge in [-0.25, -0.2) is 18.0 Å². The van der Waals surface area contributed by atoms with Crippen molar-refractivity contribution in [2.75, 3.05) is 25.0 Å². The van der Waals surface area contributed by atoms with Crippen LogP contribution in [0.5, 0.6) is 0 Å². The van der Waals surface area contributed by atoms with Gasteiger partial charge in [-0.15, -0.1) is 0 Å². The fourth-order valence-electron chi connectivity index (χ4n) is 5.50. The van der Waals surface area contributed by atoms with Crippen LogP contribution in [-0.2, 0) is 17.5 Å². The van der Waals surface area contributed by atoms with Crippen molar-refractivity contribution in [1.29, 1.82) is 0 Å². The first-order valence-corrected chi connectivity index (χ1v) is 14.1. The van der Waals surface area contributed by atoms with Gasteiger partial charge in [0.25, 0.3) is 0 Å². The Hall–Kier alpha value is -4.22. The molecule has 1 aliphatic heterocycles. The van der Waals surface area contributed by atoms with Crippen molar-refractivity contribution >= 4 is 22.7 Å². The molecule has 234 valence electrons. The van der Waals surface area contributed by atoms with E-state index in [9.17, 15) is 31.1 Å². The third-order valence-corrected chi connectivity index (χ3v) is 7.69. The average Bonchev–Trinajstić information content (AvgIpc) is 3.31. The highest BCUT2D eigenvalue weighted by Crippen LogP contribution is 2.39. The number of ether oxygens (including phenoxy) is 1. The Kier molecular flexibility index (Phi) is 8.30. The highest BCUT2D eigenvalue weighted by atomic mass is 19.4. The number of hydrogen-bond acceptors (Lipinski definition) is 4. The number of benzene rings is 3. The second-order valence-corrected chi connectivity index (χ2v) is 11.9. The Bertz CT molecular complexity index is 1650. The summed E-state index contributed by atoms with van der Waals surface area (Å²) in [7, 11) is 1.73. The van der Waals surface area contributed by atoms with Gasteiger partial charge in [0, 0.05) is 60.5 Å². The SMILES string of the molecule is CN(C(=O)OC(C)(C)C)C1CCN(c2ccc(-c3c4cccc(C(F)(F)F)c4nn3Cc3c(F)cc(F)cc3F)cc2)CC1. The lowest BCUT2D eigenvalue weighted by molar-refractivity contribution is -0.136. The molecule has 5 rings (SSSR count). The number of carbonyl (C=O) groups is 1. The Morgan fingerprint density at radius 1 is 0.977 bits per heavy atom. The number of rotatable bonds is 5. The van der Waals surface area contributed by atoms with Gasteiger partial charge in [0.2, 0.25) is 0 Å². The first-order valence-electron chi connectivity index (χ1n) is 14.1. The van der Waals surface area contributed by atoms with Gasteiger partial charge in [-0.2, -0.15) is 18.3 Å². The monoisotopic (exact) mass is 618 g/mol. The minimum absolute atomic E-state index is 0.0103. The van der Waals surface area contributed by atoms with Crippen molar-refractivity contribution in [2.45, 2.75) is 58.0 Å². The zero-order valence-electron chi connectivity index (χ0n) is 24.7. The van der Waals surface area contributed by atoms with Crippen molar-refractivity contribution in [3.63, 3.8) is 0 Å². The molecule has 2 heterocycles. The van der Waals surface area contributed by atoms with Crippen molar-refractivity contribution in [1.82, 2.24) is 14.7 Å². The lowest BCUT2D eigenvalue weighted by atomic mass is 10.0. The standard InChI is InChI=1S/C32H32F6N4O2/c1-31(2,3)44-30(43)40(4)21-12-14-41(15-13-21)22-10-8-19(9-11-22)29-23-6-5-7-25(32(36,37)38)28(23)39-42(29)18-24-26(34)16-20(33)17-27(24)35/h5-11,16-17,21H,12-15,18H2,1-4H3. The van der Waals surface area contributed by atoms with Crippen LogP contribution < -0.4 is 4.90 Å². The van der Waals surface area contributed by atoms with E-state index in [1.807, 2.05) is 32.9 Å². The number of nitrogens with zero attached hydrogens (tertiary/aromatic N) is 4. The van der Waals surface area contributed by atoms with Crippen LogP contribution in [0, 0.1) is 17.5 Å². The summed E-state index contributed by atoms with van der Waals surface area (Å²) in [6, 6.07) is 11.8. The summed E-state index contributed by atoms with van der Waals surface area (Å²) in [6.45, 7) is 6.21. The van der Waals surface area contributed by atoms with E-state index in [1.165, 1.54) is 12.1 Å². The van der Waals surface area contributed by atoms with Gasteiger partial charge in [-0.05, 0) is 51.8 Å². The minimum atomic E-state index is -4.71. The molecule has 6 nitrogen and oxygen atoms in total. The molecule has 0 N–H and O–H groups in total. The van der Waals surface area contributed by atoms with E-state index in [4.69, 9.17) is 4.74 Å². The van der Waals surface area contributed by atoms with Crippen LogP contribution in [-0.4, -0.2) is 52.6 Å². The molecule has 1 saturated heterocycles. The van der Waals surface area contributed by atoms with Crippen LogP contribution in [0.15, 0.2) is 54.6 Å². The molecule has 1 fully saturated rings. The number of fused-ring (bicyclic) bond motifs is 1. The maximum Gasteiger partial charge on any atom is 0.418 e. The van der Waals surface area contributed by atoms with Crippen LogP contribution >= 0.6 is 0 Å². The number of alkyl halides is 3. The summed E-state index contributed by atoms with van der Waals surface area (Å²) in [6.07, 6.45) is -3.66. The summed E-state index contributed by atoms with van der Waals surface area (Å²) in [5, 5.41) is 4.30. The Balaban J connectivity index is 1.43. The second-order valence-electron chi connectivity index (χ2n) is 11.9. The fraction of sp³-hybridized carbons (Fsp3) is 0.375. The van der Waals surface area contributed by atoms with Crippen LogP contribution in [0.4, 0.5) is 36.8 Å². The van der Waals surface area contributed by atoms with Gasteiger partial charge in [0.05, 0.1) is 17.8 Å². The van der Waals surface area contributed by atoms with Crippen molar-refractivity contribution in [2.24, 2.45) is 0 Å². The van der Waals surface area contributed by atoms with E-state index < -0.39 is 46.9 Å². The zero-order valence-corrected chi connectivity index (χ0v) is 24.7. The van der Waals surface area contributed by atoms with Gasteiger partial charge in [0.1, 0.15) is 28.6 Å². The zero-order chi connectivity index (χ0) is 32.0. The van der Waals surface area contributed by atoms with Crippen molar-refractivity contribution in [3.05, 3.63) is 83.2 Å². The van der Waals surface area contributed by atoms with E-state index >= 15 is 0 Å². The number of amides is 1. The predicted molar refractivity (Wildman–Crippen MR) is 155 cm³/mol. The number of anilines is 1. The molecule has 0 unspecified atom stereocenters. The number of hydrogen-bond donors (Lipinski definition) is 0. The minimum Gasteiger partial charge on any atom is -0.444 e. The quantitative estimate of drug-likeness (QED) is 0.213. The molecule has 1 aromatic heterocycles. The van der Waals surface area contributed by atoms with Gasteiger partial charge in [-0.1, -0.05) is 24.3 Å². The third kappa shape index (κ3) is 6.48. The van der Waals surface area contributed by atoms with Gasteiger partial charge < -0.3 is 14.5 Å². The summed E-state index contributed by atoms with van der Waals surface area (Å²) >= 11 is 0. The van der Waals surface area contributed by atoms with Crippen LogP contribution in [0.25, 0.3) is 22.2 Å². The molecule has 1 amide bonds. The summed E-state index contributed by atoms with van der Waals surface area (Å²) in [5.41, 5.74) is -0.871. The topological polar surface area (TPSA) is 50.6 Å². The summed E-state index contributed by atoms with van der Waals surface area (Å²) < 4.78 is 90.9. The molecular weight excluding hydrogens is 586 g/mol. The summed E-state index contributed by atoms with van der Waals surface area (Å²) in [5.74, 6) is -3.44. The van der Waals surface area contributed by atoms with Crippen molar-refractivity contribution in [3.8, 4) is 11.3 Å². The molecule has 4 aromatic rings. The highest BCUT2D eigenvalue weighted by molar-refractivity contribution is 5.95. The van der Waals surface area contributed by atoms with Gasteiger partial charge in [-0.3, -0.25) is 4.68 Å². The highest BCUT2D eigenvalue weighted by Gasteiger charge is 2.35. The molecule has 0 bridgehead atoms. The van der Waals surface area contributed by atoms with E-state index in [1.54, 1.807) is 24.1 Å². The van der Waals surface area contributed by atoms with Crippen molar-refractivity contribution < 1.29 is 35.9 Å². The lowest BCUT2D eigenvalue weighted by Crippen LogP contribution is -2.47. The van der Waals surface area contributed by atoms with Gasteiger partial charge in [0.15, 0.2) is 0 Å². The number of halogens is 6. The molecule has 0 saturated carbocycles. The molecule has 0 aliphatic carbocycles. The first kappa shape index (κ1) is 31.2. The normalized spacial score (nSPS) is 14.7. The Labute approximate surface area is 250 Å². The first-order chi connectivity index (χ1) is 20.6. The summed E-state index contributed by atoms with van der Waals surface area (Å²) in [4.78, 5) is 16.3. The smallest absolute Gasteiger partial charge is 0.418 e. The Morgan fingerprint density at radius 2 is 1.59 bits per heavy atom. The van der Waals surface area contributed by atoms with Gasteiger partial charge >= 0.3 is 12.3 Å². The predicted octanol–water partition coefficient (Wildman–Crippen LogP) is 8.02. The Morgan fingerprint density at radius 3 is 2.16 bits per heavy atom. The lowest BCUT2D eigenvalue weighted by Gasteiger charge is -2.38. The largest absolute Gasteiger partial charge is 0.444 e. The molecule has 12 heteroatoms. The van der Waals surface area contributed by atoms with E-state index in [2.05, 4.69) is 10.00 Å². The average molecular weight is 619 g/mol. The molecule has 1 aliphatic rings. The second kappa shape index (κ2) is 11.7. The number of aromatic nitrogens is 2. The molecule has 3 aromatic carbocycles. The molecule has 44 heavy (non-hydrogen) atoms. The van der Waals surface area contributed by atoms with Crippen LogP contribution in [0.3, 0.4) is 0 Å². The molecule has 0 radical (unpaired) electrons. The maximum absolute atomic E-state index is 14.6. The van der Waals surface area contributed by atoms with Crippen LogP contribution in [0.1, 0.15) is 44.7 Å². The van der Waals surface area contributed by atoms with Crippen LogP contribution in [0.2, 0.25) is 0 Å². The maximum atomic E-state index is 14.6. The molecular formula is C32H32F6N4O2. The van der Waals surface area contributed by atoms with E-state index in [-0.39, 0.29) is 28.7 Å². The molecule has 0 atom stereocenters.